The summed E-state index contributed by atoms with van der Waals surface area (Å²) in [6, 6.07) is 6.33. The SMILES string of the molecule is CCCC(C)N(C)Cc1cc(N)cc(Cl)c1. The number of hydrogen-bond acceptors (Lipinski definition) is 2. The highest BCUT2D eigenvalue weighted by molar-refractivity contribution is 6.30. The summed E-state index contributed by atoms with van der Waals surface area (Å²) >= 11 is 5.98. The predicted octanol–water partition coefficient (Wildman–Crippen LogP) is 3.54. The Kier molecular flexibility index (Phi) is 5.10. The first-order valence-electron chi connectivity index (χ1n) is 5.78. The van der Waals surface area contributed by atoms with Crippen LogP contribution in [0, 0.1) is 0 Å². The maximum Gasteiger partial charge on any atom is 0.0429 e. The van der Waals surface area contributed by atoms with Gasteiger partial charge in [0, 0.05) is 23.3 Å². The van der Waals surface area contributed by atoms with Crippen molar-refractivity contribution in [1.82, 2.24) is 4.90 Å². The number of benzene rings is 1. The quantitative estimate of drug-likeness (QED) is 0.798. The molecule has 2 nitrogen and oxygen atoms in total. The van der Waals surface area contributed by atoms with Gasteiger partial charge in [-0.2, -0.15) is 0 Å². The molecule has 0 fully saturated rings. The summed E-state index contributed by atoms with van der Waals surface area (Å²) in [4.78, 5) is 2.33. The van der Waals surface area contributed by atoms with Gasteiger partial charge in [-0.1, -0.05) is 24.9 Å². The van der Waals surface area contributed by atoms with Gasteiger partial charge in [-0.3, -0.25) is 4.90 Å². The standard InChI is InChI=1S/C13H21ClN2/c1-4-5-10(2)16(3)9-11-6-12(14)8-13(15)7-11/h6-8,10H,4-5,9,15H2,1-3H3. The number of nitrogens with zero attached hydrogens (tertiary/aromatic N) is 1. The number of rotatable bonds is 5. The van der Waals surface area contributed by atoms with Crippen molar-refractivity contribution in [3.05, 3.63) is 28.8 Å². The summed E-state index contributed by atoms with van der Waals surface area (Å²) in [6.07, 6.45) is 2.43. The lowest BCUT2D eigenvalue weighted by atomic mass is 10.1. The van der Waals surface area contributed by atoms with Gasteiger partial charge in [0.25, 0.3) is 0 Å². The van der Waals surface area contributed by atoms with Crippen LogP contribution in [0.4, 0.5) is 5.69 Å². The van der Waals surface area contributed by atoms with Crippen molar-refractivity contribution in [2.75, 3.05) is 12.8 Å². The molecule has 3 heteroatoms. The molecule has 1 rings (SSSR count). The highest BCUT2D eigenvalue weighted by Gasteiger charge is 2.09. The normalized spacial score (nSPS) is 13.1. The molecule has 0 amide bonds. The minimum atomic E-state index is 0.588. The van der Waals surface area contributed by atoms with Crippen LogP contribution in [0.2, 0.25) is 5.02 Å². The highest BCUT2D eigenvalue weighted by Crippen LogP contribution is 2.18. The largest absolute Gasteiger partial charge is 0.399 e. The van der Waals surface area contributed by atoms with Crippen LogP contribution < -0.4 is 5.73 Å². The molecule has 2 N–H and O–H groups in total. The van der Waals surface area contributed by atoms with Crippen LogP contribution in [0.1, 0.15) is 32.3 Å². The lowest BCUT2D eigenvalue weighted by molar-refractivity contribution is 0.237. The molecular formula is C13H21ClN2. The zero-order valence-electron chi connectivity index (χ0n) is 10.3. The molecule has 90 valence electrons. The number of nitrogens with two attached hydrogens (primary N) is 1. The zero-order valence-corrected chi connectivity index (χ0v) is 11.1. The number of anilines is 1. The molecule has 0 aliphatic heterocycles. The summed E-state index contributed by atoms with van der Waals surface area (Å²) in [5.41, 5.74) is 7.68. The first-order valence-corrected chi connectivity index (χ1v) is 6.16. The smallest absolute Gasteiger partial charge is 0.0429 e. The molecule has 1 aromatic rings. The van der Waals surface area contributed by atoms with E-state index in [2.05, 4.69) is 25.8 Å². The minimum absolute atomic E-state index is 0.588. The summed E-state index contributed by atoms with van der Waals surface area (Å²) in [5, 5.41) is 0.714. The lowest BCUT2D eigenvalue weighted by Crippen LogP contribution is -2.28. The van der Waals surface area contributed by atoms with Crippen molar-refractivity contribution >= 4 is 17.3 Å². The first kappa shape index (κ1) is 13.3. The summed E-state index contributed by atoms with van der Waals surface area (Å²) in [6.45, 7) is 5.35. The average Bonchev–Trinajstić information content (AvgIpc) is 2.16. The van der Waals surface area contributed by atoms with E-state index < -0.39 is 0 Å². The van der Waals surface area contributed by atoms with Gasteiger partial charge in [-0.15, -0.1) is 0 Å². The molecule has 16 heavy (non-hydrogen) atoms. The Morgan fingerprint density at radius 1 is 1.38 bits per heavy atom. The molecule has 0 aliphatic carbocycles. The average molecular weight is 241 g/mol. The monoisotopic (exact) mass is 240 g/mol. The lowest BCUT2D eigenvalue weighted by Gasteiger charge is -2.24. The van der Waals surface area contributed by atoms with Crippen LogP contribution in [0.3, 0.4) is 0 Å². The maximum absolute atomic E-state index is 5.98. The van der Waals surface area contributed by atoms with E-state index in [-0.39, 0.29) is 0 Å². The van der Waals surface area contributed by atoms with Gasteiger partial charge in [-0.05, 0) is 44.2 Å². The van der Waals surface area contributed by atoms with E-state index in [1.807, 2.05) is 12.1 Å². The Hall–Kier alpha value is -0.730. The number of hydrogen-bond donors (Lipinski definition) is 1. The van der Waals surface area contributed by atoms with Gasteiger partial charge >= 0.3 is 0 Å². The molecule has 1 atom stereocenters. The van der Waals surface area contributed by atoms with Gasteiger partial charge < -0.3 is 5.73 Å². The Labute approximate surface area is 103 Å². The highest BCUT2D eigenvalue weighted by atomic mass is 35.5. The zero-order chi connectivity index (χ0) is 12.1. The van der Waals surface area contributed by atoms with Gasteiger partial charge in [0.2, 0.25) is 0 Å². The Balaban J connectivity index is 2.65. The van der Waals surface area contributed by atoms with Gasteiger partial charge in [0.15, 0.2) is 0 Å². The third-order valence-corrected chi connectivity index (χ3v) is 3.09. The topological polar surface area (TPSA) is 29.3 Å². The van der Waals surface area contributed by atoms with E-state index in [1.165, 1.54) is 18.4 Å². The van der Waals surface area contributed by atoms with Crippen LogP contribution in [0.25, 0.3) is 0 Å². The molecule has 1 aromatic carbocycles. The molecule has 0 bridgehead atoms. The second kappa shape index (κ2) is 6.12. The van der Waals surface area contributed by atoms with E-state index in [1.54, 1.807) is 6.07 Å². The molecule has 1 unspecified atom stereocenters. The van der Waals surface area contributed by atoms with E-state index in [4.69, 9.17) is 17.3 Å². The van der Waals surface area contributed by atoms with Crippen molar-refractivity contribution in [3.63, 3.8) is 0 Å². The van der Waals surface area contributed by atoms with Gasteiger partial charge in [0.1, 0.15) is 0 Å². The van der Waals surface area contributed by atoms with E-state index in [0.717, 1.165) is 12.2 Å². The number of halogens is 1. The third kappa shape index (κ3) is 4.03. The molecule has 0 spiro atoms. The number of nitrogen functional groups attached to an aromatic ring is 1. The van der Waals surface area contributed by atoms with Crippen molar-refractivity contribution in [2.24, 2.45) is 0 Å². The minimum Gasteiger partial charge on any atom is -0.399 e. The predicted molar refractivity (Wildman–Crippen MR) is 71.7 cm³/mol. The third-order valence-electron chi connectivity index (χ3n) is 2.87. The Morgan fingerprint density at radius 3 is 2.62 bits per heavy atom. The van der Waals surface area contributed by atoms with Crippen molar-refractivity contribution in [1.29, 1.82) is 0 Å². The molecule has 0 saturated heterocycles. The fourth-order valence-electron chi connectivity index (χ4n) is 1.85. The van der Waals surface area contributed by atoms with Crippen molar-refractivity contribution in [3.8, 4) is 0 Å². The molecule has 0 heterocycles. The van der Waals surface area contributed by atoms with Gasteiger partial charge in [0.05, 0.1) is 0 Å². The van der Waals surface area contributed by atoms with Crippen molar-refractivity contribution in [2.45, 2.75) is 39.3 Å². The molecule has 0 saturated carbocycles. The van der Waals surface area contributed by atoms with Crippen LogP contribution >= 0.6 is 11.6 Å². The van der Waals surface area contributed by atoms with Gasteiger partial charge in [-0.25, -0.2) is 0 Å². The fraction of sp³-hybridized carbons (Fsp3) is 0.538. The van der Waals surface area contributed by atoms with E-state index >= 15 is 0 Å². The Bertz CT molecular complexity index is 318. The second-order valence-corrected chi connectivity index (χ2v) is 4.88. The molecular weight excluding hydrogens is 220 g/mol. The van der Waals surface area contributed by atoms with Crippen LogP contribution in [0.5, 0.6) is 0 Å². The molecule has 0 aliphatic rings. The molecule has 0 radical (unpaired) electrons. The summed E-state index contributed by atoms with van der Waals surface area (Å²) < 4.78 is 0. The van der Waals surface area contributed by atoms with Crippen LogP contribution in [-0.4, -0.2) is 18.0 Å². The summed E-state index contributed by atoms with van der Waals surface area (Å²) in [5.74, 6) is 0. The Morgan fingerprint density at radius 2 is 2.06 bits per heavy atom. The van der Waals surface area contributed by atoms with Crippen LogP contribution in [-0.2, 0) is 6.54 Å². The first-order chi connectivity index (χ1) is 7.52. The maximum atomic E-state index is 5.98. The van der Waals surface area contributed by atoms with Crippen molar-refractivity contribution < 1.29 is 0 Å². The summed E-state index contributed by atoms with van der Waals surface area (Å²) in [7, 11) is 2.14. The van der Waals surface area contributed by atoms with E-state index in [9.17, 15) is 0 Å². The van der Waals surface area contributed by atoms with Crippen LogP contribution in [0.15, 0.2) is 18.2 Å². The second-order valence-electron chi connectivity index (χ2n) is 4.45. The van der Waals surface area contributed by atoms with E-state index in [0.29, 0.717) is 11.1 Å². The molecule has 0 aromatic heterocycles. The fourth-order valence-corrected chi connectivity index (χ4v) is 2.11.